The maximum absolute atomic E-state index is 11.5. The number of carboxylic acid groups (broad SMARTS) is 1. The van der Waals surface area contributed by atoms with E-state index in [-0.39, 0.29) is 24.1 Å². The minimum atomic E-state index is -0.977. The zero-order chi connectivity index (χ0) is 14.6. The number of nitrogens with one attached hydrogen (secondary N) is 1. The molecule has 1 amide bonds. The first-order chi connectivity index (χ1) is 8.81. The van der Waals surface area contributed by atoms with E-state index in [0.29, 0.717) is 16.9 Å². The molecule has 0 aromatic heterocycles. The summed E-state index contributed by atoms with van der Waals surface area (Å²) < 4.78 is 5.46. The zero-order valence-corrected chi connectivity index (χ0v) is 11.6. The van der Waals surface area contributed by atoms with Gasteiger partial charge in [0.2, 0.25) is 0 Å². The Labute approximate surface area is 112 Å². The molecule has 1 rings (SSSR count). The molecular formula is C14H19NO4. The van der Waals surface area contributed by atoms with E-state index in [2.05, 4.69) is 5.32 Å². The van der Waals surface area contributed by atoms with Crippen LogP contribution in [-0.4, -0.2) is 29.6 Å². The van der Waals surface area contributed by atoms with Gasteiger partial charge < -0.3 is 15.2 Å². The topological polar surface area (TPSA) is 75.6 Å². The van der Waals surface area contributed by atoms with Crippen LogP contribution in [0.15, 0.2) is 12.1 Å². The Hall–Kier alpha value is -2.04. The zero-order valence-electron chi connectivity index (χ0n) is 11.6. The van der Waals surface area contributed by atoms with Crippen molar-refractivity contribution in [1.29, 1.82) is 0 Å². The van der Waals surface area contributed by atoms with Gasteiger partial charge in [-0.1, -0.05) is 0 Å². The smallest absolute Gasteiger partial charge is 0.335 e. The van der Waals surface area contributed by atoms with Gasteiger partial charge in [0.05, 0.1) is 5.56 Å². The summed E-state index contributed by atoms with van der Waals surface area (Å²) in [4.78, 5) is 22.4. The van der Waals surface area contributed by atoms with Crippen LogP contribution in [0.4, 0.5) is 0 Å². The number of carbonyl (C=O) groups is 2. The Balaban J connectivity index is 2.79. The van der Waals surface area contributed by atoms with Gasteiger partial charge in [0.25, 0.3) is 5.91 Å². The lowest BCUT2D eigenvalue weighted by molar-refractivity contribution is -0.123. The molecule has 0 aliphatic carbocycles. The molecule has 0 unspecified atom stereocenters. The summed E-state index contributed by atoms with van der Waals surface area (Å²) in [5, 5.41) is 11.7. The molecule has 0 saturated carbocycles. The quantitative estimate of drug-likeness (QED) is 0.852. The molecule has 0 fully saturated rings. The number of rotatable bonds is 5. The van der Waals surface area contributed by atoms with Crippen LogP contribution in [0.1, 0.15) is 35.3 Å². The molecule has 0 aliphatic heterocycles. The Kier molecular flexibility index (Phi) is 4.92. The van der Waals surface area contributed by atoms with E-state index in [1.807, 2.05) is 13.8 Å². The summed E-state index contributed by atoms with van der Waals surface area (Å²) in [6, 6.07) is 3.13. The maximum Gasteiger partial charge on any atom is 0.335 e. The second-order valence-corrected chi connectivity index (χ2v) is 4.76. The fourth-order valence-electron chi connectivity index (χ4n) is 1.80. The number of benzene rings is 1. The summed E-state index contributed by atoms with van der Waals surface area (Å²) in [5.74, 6) is -0.615. The average molecular weight is 265 g/mol. The van der Waals surface area contributed by atoms with E-state index in [1.54, 1.807) is 13.8 Å². The minimum Gasteiger partial charge on any atom is -0.483 e. The fourth-order valence-corrected chi connectivity index (χ4v) is 1.80. The molecule has 0 aliphatic rings. The fraction of sp³-hybridized carbons (Fsp3) is 0.429. The second-order valence-electron chi connectivity index (χ2n) is 4.76. The molecule has 0 radical (unpaired) electrons. The largest absolute Gasteiger partial charge is 0.483 e. The Morgan fingerprint density at radius 2 is 1.79 bits per heavy atom. The van der Waals surface area contributed by atoms with Crippen LogP contribution in [0.5, 0.6) is 5.75 Å². The number of ether oxygens (including phenoxy) is 1. The molecule has 1 aromatic rings. The Bertz CT molecular complexity index is 471. The van der Waals surface area contributed by atoms with Crippen molar-refractivity contribution in [3.63, 3.8) is 0 Å². The number of hydrogen-bond acceptors (Lipinski definition) is 3. The van der Waals surface area contributed by atoms with Gasteiger partial charge in [-0.15, -0.1) is 0 Å². The summed E-state index contributed by atoms with van der Waals surface area (Å²) in [6.45, 7) is 7.18. The van der Waals surface area contributed by atoms with E-state index < -0.39 is 5.97 Å². The molecule has 1 aromatic carbocycles. The van der Waals surface area contributed by atoms with Crippen LogP contribution in [0.2, 0.25) is 0 Å². The molecular weight excluding hydrogens is 246 g/mol. The van der Waals surface area contributed by atoms with E-state index in [4.69, 9.17) is 9.84 Å². The van der Waals surface area contributed by atoms with Crippen molar-refractivity contribution in [3.8, 4) is 5.75 Å². The van der Waals surface area contributed by atoms with Gasteiger partial charge in [0, 0.05) is 6.04 Å². The first-order valence-electron chi connectivity index (χ1n) is 6.08. The lowest BCUT2D eigenvalue weighted by atomic mass is 10.1. The van der Waals surface area contributed by atoms with E-state index in [0.717, 1.165) is 0 Å². The molecule has 0 atom stereocenters. The number of aryl methyl sites for hydroxylation is 2. The highest BCUT2D eigenvalue weighted by Gasteiger charge is 2.12. The van der Waals surface area contributed by atoms with Crippen molar-refractivity contribution in [3.05, 3.63) is 28.8 Å². The molecule has 2 N–H and O–H groups in total. The van der Waals surface area contributed by atoms with Crippen LogP contribution in [0.3, 0.4) is 0 Å². The van der Waals surface area contributed by atoms with Gasteiger partial charge in [-0.2, -0.15) is 0 Å². The van der Waals surface area contributed by atoms with E-state index >= 15 is 0 Å². The van der Waals surface area contributed by atoms with Crippen molar-refractivity contribution >= 4 is 11.9 Å². The third kappa shape index (κ3) is 4.28. The standard InChI is InChI=1S/C14H19NO4/c1-8(2)15-12(16)7-19-13-9(3)5-11(14(17)18)6-10(13)4/h5-6,8H,7H2,1-4H3,(H,15,16)(H,17,18). The summed E-state index contributed by atoms with van der Waals surface area (Å²) in [7, 11) is 0. The lowest BCUT2D eigenvalue weighted by Crippen LogP contribution is -2.34. The molecule has 0 spiro atoms. The third-order valence-electron chi connectivity index (χ3n) is 2.50. The van der Waals surface area contributed by atoms with Crippen LogP contribution in [0.25, 0.3) is 0 Å². The SMILES string of the molecule is Cc1cc(C(=O)O)cc(C)c1OCC(=O)NC(C)C. The third-order valence-corrected chi connectivity index (χ3v) is 2.50. The number of amides is 1. The minimum absolute atomic E-state index is 0.0627. The van der Waals surface area contributed by atoms with Gasteiger partial charge in [-0.25, -0.2) is 4.79 Å². The summed E-state index contributed by atoms with van der Waals surface area (Å²) in [5.41, 5.74) is 1.62. The van der Waals surface area contributed by atoms with Crippen molar-refractivity contribution < 1.29 is 19.4 Å². The van der Waals surface area contributed by atoms with Crippen molar-refractivity contribution in [2.24, 2.45) is 0 Å². The second kappa shape index (κ2) is 6.22. The van der Waals surface area contributed by atoms with Crippen molar-refractivity contribution in [1.82, 2.24) is 5.32 Å². The molecule has 19 heavy (non-hydrogen) atoms. The molecule has 0 heterocycles. The van der Waals surface area contributed by atoms with Crippen LogP contribution < -0.4 is 10.1 Å². The normalized spacial score (nSPS) is 10.4. The highest BCUT2D eigenvalue weighted by atomic mass is 16.5. The number of carboxylic acids is 1. The van der Waals surface area contributed by atoms with Gasteiger partial charge in [0.1, 0.15) is 5.75 Å². The molecule has 5 heteroatoms. The van der Waals surface area contributed by atoms with Crippen molar-refractivity contribution in [2.75, 3.05) is 6.61 Å². The van der Waals surface area contributed by atoms with Gasteiger partial charge in [-0.05, 0) is 51.0 Å². The predicted molar refractivity (Wildman–Crippen MR) is 71.6 cm³/mol. The van der Waals surface area contributed by atoms with Crippen LogP contribution >= 0.6 is 0 Å². The van der Waals surface area contributed by atoms with Crippen molar-refractivity contribution in [2.45, 2.75) is 33.7 Å². The lowest BCUT2D eigenvalue weighted by Gasteiger charge is -2.14. The Morgan fingerprint density at radius 3 is 2.21 bits per heavy atom. The van der Waals surface area contributed by atoms with Gasteiger partial charge in [-0.3, -0.25) is 4.79 Å². The Morgan fingerprint density at radius 1 is 1.26 bits per heavy atom. The molecule has 104 valence electrons. The first kappa shape index (κ1) is 15.0. The molecule has 0 bridgehead atoms. The van der Waals surface area contributed by atoms with Gasteiger partial charge >= 0.3 is 5.97 Å². The monoisotopic (exact) mass is 265 g/mol. The van der Waals surface area contributed by atoms with E-state index in [9.17, 15) is 9.59 Å². The number of carbonyl (C=O) groups excluding carboxylic acids is 1. The predicted octanol–water partition coefficient (Wildman–Crippen LogP) is 1.91. The van der Waals surface area contributed by atoms with Crippen LogP contribution in [0, 0.1) is 13.8 Å². The summed E-state index contributed by atoms with van der Waals surface area (Å²) in [6.07, 6.45) is 0. The molecule has 5 nitrogen and oxygen atoms in total. The number of hydrogen-bond donors (Lipinski definition) is 2. The number of aromatic carboxylic acids is 1. The highest BCUT2D eigenvalue weighted by molar-refractivity contribution is 5.88. The molecule has 0 saturated heterocycles. The average Bonchev–Trinajstić information content (AvgIpc) is 2.26. The highest BCUT2D eigenvalue weighted by Crippen LogP contribution is 2.24. The van der Waals surface area contributed by atoms with Crippen LogP contribution in [-0.2, 0) is 4.79 Å². The summed E-state index contributed by atoms with van der Waals surface area (Å²) >= 11 is 0. The maximum atomic E-state index is 11.5. The van der Waals surface area contributed by atoms with Gasteiger partial charge in [0.15, 0.2) is 6.61 Å². The first-order valence-corrected chi connectivity index (χ1v) is 6.08. The van der Waals surface area contributed by atoms with E-state index in [1.165, 1.54) is 12.1 Å².